The Balaban J connectivity index is 2.50. The second-order valence-electron chi connectivity index (χ2n) is 4.78. The standard InChI is InChI=1S/C14H22N2O4S/c1-12-4-6-13(7-5-12)14(17)15-8-9-16(10-11-20-2)21(3,18)19/h4-7H,8-11H2,1-3H3,(H,15,17). The highest BCUT2D eigenvalue weighted by atomic mass is 32.2. The van der Waals surface area contributed by atoms with Crippen LogP contribution in [0.25, 0.3) is 0 Å². The van der Waals surface area contributed by atoms with E-state index in [2.05, 4.69) is 5.32 Å². The van der Waals surface area contributed by atoms with Gasteiger partial charge in [0.15, 0.2) is 0 Å². The van der Waals surface area contributed by atoms with Gasteiger partial charge in [0.05, 0.1) is 12.9 Å². The van der Waals surface area contributed by atoms with E-state index in [1.54, 1.807) is 12.1 Å². The quantitative estimate of drug-likeness (QED) is 0.764. The molecule has 0 spiro atoms. The molecule has 0 radical (unpaired) electrons. The van der Waals surface area contributed by atoms with Gasteiger partial charge >= 0.3 is 0 Å². The van der Waals surface area contributed by atoms with Crippen molar-refractivity contribution in [1.29, 1.82) is 0 Å². The van der Waals surface area contributed by atoms with Crippen LogP contribution in [0.5, 0.6) is 0 Å². The molecule has 7 heteroatoms. The molecule has 0 saturated heterocycles. The van der Waals surface area contributed by atoms with Gasteiger partial charge < -0.3 is 10.1 Å². The largest absolute Gasteiger partial charge is 0.383 e. The van der Waals surface area contributed by atoms with Crippen LogP contribution in [0.3, 0.4) is 0 Å². The molecular weight excluding hydrogens is 292 g/mol. The van der Waals surface area contributed by atoms with Gasteiger partial charge in [0.25, 0.3) is 5.91 Å². The van der Waals surface area contributed by atoms with Crippen LogP contribution in [-0.4, -0.2) is 58.2 Å². The van der Waals surface area contributed by atoms with Gasteiger partial charge in [-0.05, 0) is 19.1 Å². The van der Waals surface area contributed by atoms with E-state index in [0.717, 1.165) is 11.8 Å². The van der Waals surface area contributed by atoms with Crippen LogP contribution in [0.2, 0.25) is 0 Å². The number of aryl methyl sites for hydroxylation is 1. The maximum atomic E-state index is 11.9. The molecular formula is C14H22N2O4S. The SMILES string of the molecule is COCCN(CCNC(=O)c1ccc(C)cc1)S(C)(=O)=O. The van der Waals surface area contributed by atoms with E-state index in [1.165, 1.54) is 11.4 Å². The molecule has 118 valence electrons. The molecule has 1 N–H and O–H groups in total. The van der Waals surface area contributed by atoms with Crippen molar-refractivity contribution >= 4 is 15.9 Å². The van der Waals surface area contributed by atoms with Gasteiger partial charge in [-0.1, -0.05) is 17.7 Å². The Bertz CT molecular complexity index is 555. The Hall–Kier alpha value is -1.44. The summed E-state index contributed by atoms with van der Waals surface area (Å²) in [5.41, 5.74) is 1.64. The van der Waals surface area contributed by atoms with Gasteiger partial charge in [-0.2, -0.15) is 4.31 Å². The molecule has 1 aromatic rings. The Morgan fingerprint density at radius 1 is 1.24 bits per heavy atom. The fourth-order valence-electron chi connectivity index (χ4n) is 1.74. The number of amides is 1. The maximum absolute atomic E-state index is 11.9. The number of methoxy groups -OCH3 is 1. The third-order valence-electron chi connectivity index (χ3n) is 2.97. The minimum absolute atomic E-state index is 0.213. The molecule has 0 fully saturated rings. The molecule has 1 aromatic carbocycles. The summed E-state index contributed by atoms with van der Waals surface area (Å²) < 4.78 is 29.3. The van der Waals surface area contributed by atoms with E-state index in [0.29, 0.717) is 12.2 Å². The Morgan fingerprint density at radius 2 is 1.86 bits per heavy atom. The molecule has 1 amide bonds. The lowest BCUT2D eigenvalue weighted by atomic mass is 10.1. The van der Waals surface area contributed by atoms with E-state index < -0.39 is 10.0 Å². The normalized spacial score (nSPS) is 11.6. The number of carbonyl (C=O) groups is 1. The van der Waals surface area contributed by atoms with Crippen molar-refractivity contribution in [3.63, 3.8) is 0 Å². The number of nitrogens with zero attached hydrogens (tertiary/aromatic N) is 1. The van der Waals surface area contributed by atoms with Crippen molar-refractivity contribution in [2.24, 2.45) is 0 Å². The van der Waals surface area contributed by atoms with Gasteiger partial charge in [-0.3, -0.25) is 4.79 Å². The van der Waals surface area contributed by atoms with Gasteiger partial charge in [-0.15, -0.1) is 0 Å². The number of benzene rings is 1. The fraction of sp³-hybridized carbons (Fsp3) is 0.500. The zero-order valence-electron chi connectivity index (χ0n) is 12.6. The van der Waals surface area contributed by atoms with Crippen molar-refractivity contribution in [3.8, 4) is 0 Å². The Kier molecular flexibility index (Phi) is 6.80. The first kappa shape index (κ1) is 17.6. The lowest BCUT2D eigenvalue weighted by molar-refractivity contribution is 0.0950. The first-order chi connectivity index (χ1) is 9.84. The van der Waals surface area contributed by atoms with Gasteiger partial charge in [-0.25, -0.2) is 8.42 Å². The summed E-state index contributed by atoms with van der Waals surface area (Å²) in [6.07, 6.45) is 1.14. The van der Waals surface area contributed by atoms with Crippen molar-refractivity contribution in [1.82, 2.24) is 9.62 Å². The first-order valence-electron chi connectivity index (χ1n) is 6.63. The number of ether oxygens (including phenoxy) is 1. The number of carbonyl (C=O) groups excluding carboxylic acids is 1. The summed E-state index contributed by atoms with van der Waals surface area (Å²) in [4.78, 5) is 11.9. The van der Waals surface area contributed by atoms with E-state index in [-0.39, 0.29) is 25.5 Å². The Labute approximate surface area is 126 Å². The molecule has 0 saturated carbocycles. The van der Waals surface area contributed by atoms with E-state index in [1.807, 2.05) is 19.1 Å². The predicted octanol–water partition coefficient (Wildman–Crippen LogP) is 0.633. The Morgan fingerprint density at radius 3 is 2.38 bits per heavy atom. The van der Waals surface area contributed by atoms with Crippen molar-refractivity contribution in [3.05, 3.63) is 35.4 Å². The van der Waals surface area contributed by atoms with Crippen LogP contribution in [0.15, 0.2) is 24.3 Å². The van der Waals surface area contributed by atoms with Gasteiger partial charge in [0.1, 0.15) is 0 Å². The topological polar surface area (TPSA) is 75.7 Å². The van der Waals surface area contributed by atoms with Crippen molar-refractivity contribution < 1.29 is 17.9 Å². The average Bonchev–Trinajstić information content (AvgIpc) is 2.41. The zero-order valence-corrected chi connectivity index (χ0v) is 13.4. The minimum Gasteiger partial charge on any atom is -0.383 e. The highest BCUT2D eigenvalue weighted by Crippen LogP contribution is 2.03. The van der Waals surface area contributed by atoms with Crippen LogP contribution in [-0.2, 0) is 14.8 Å². The van der Waals surface area contributed by atoms with Crippen LogP contribution in [0, 0.1) is 6.92 Å². The summed E-state index contributed by atoms with van der Waals surface area (Å²) >= 11 is 0. The second-order valence-corrected chi connectivity index (χ2v) is 6.76. The summed E-state index contributed by atoms with van der Waals surface area (Å²) in [5, 5.41) is 2.71. The highest BCUT2D eigenvalue weighted by molar-refractivity contribution is 7.88. The molecule has 0 aliphatic carbocycles. The molecule has 0 atom stereocenters. The molecule has 6 nitrogen and oxygen atoms in total. The molecule has 0 aliphatic heterocycles. The molecule has 0 bridgehead atoms. The number of hydrogen-bond donors (Lipinski definition) is 1. The lowest BCUT2D eigenvalue weighted by Gasteiger charge is -2.19. The number of rotatable bonds is 8. The van der Waals surface area contributed by atoms with Crippen LogP contribution in [0.1, 0.15) is 15.9 Å². The smallest absolute Gasteiger partial charge is 0.251 e. The minimum atomic E-state index is -3.30. The van der Waals surface area contributed by atoms with Crippen LogP contribution in [0.4, 0.5) is 0 Å². The van der Waals surface area contributed by atoms with Crippen molar-refractivity contribution in [2.75, 3.05) is 39.6 Å². The molecule has 21 heavy (non-hydrogen) atoms. The number of sulfonamides is 1. The van der Waals surface area contributed by atoms with E-state index in [4.69, 9.17) is 4.74 Å². The van der Waals surface area contributed by atoms with E-state index >= 15 is 0 Å². The molecule has 1 rings (SSSR count). The second kappa shape index (κ2) is 8.11. The monoisotopic (exact) mass is 314 g/mol. The molecule has 0 aliphatic rings. The summed E-state index contributed by atoms with van der Waals surface area (Å²) in [7, 11) is -1.79. The third-order valence-corrected chi connectivity index (χ3v) is 4.28. The predicted molar refractivity (Wildman–Crippen MR) is 81.8 cm³/mol. The lowest BCUT2D eigenvalue weighted by Crippen LogP contribution is -2.39. The highest BCUT2D eigenvalue weighted by Gasteiger charge is 2.16. The zero-order chi connectivity index (χ0) is 15.9. The third kappa shape index (κ3) is 6.24. The van der Waals surface area contributed by atoms with Gasteiger partial charge in [0.2, 0.25) is 10.0 Å². The van der Waals surface area contributed by atoms with Crippen LogP contribution < -0.4 is 5.32 Å². The van der Waals surface area contributed by atoms with E-state index in [9.17, 15) is 13.2 Å². The van der Waals surface area contributed by atoms with Crippen molar-refractivity contribution in [2.45, 2.75) is 6.92 Å². The summed E-state index contributed by atoms with van der Waals surface area (Å²) in [5.74, 6) is -0.213. The van der Waals surface area contributed by atoms with Crippen LogP contribution >= 0.6 is 0 Å². The number of hydrogen-bond acceptors (Lipinski definition) is 4. The maximum Gasteiger partial charge on any atom is 0.251 e. The average molecular weight is 314 g/mol. The summed E-state index contributed by atoms with van der Waals surface area (Å²) in [6, 6.07) is 7.19. The summed E-state index contributed by atoms with van der Waals surface area (Å²) in [6.45, 7) is 3.01. The molecule has 0 aromatic heterocycles. The molecule has 0 heterocycles. The first-order valence-corrected chi connectivity index (χ1v) is 8.48. The van der Waals surface area contributed by atoms with Gasteiger partial charge in [0, 0.05) is 32.3 Å². The molecule has 0 unspecified atom stereocenters. The fourth-order valence-corrected chi connectivity index (χ4v) is 2.57. The number of nitrogens with one attached hydrogen (secondary N) is 1.